The lowest BCUT2D eigenvalue weighted by atomic mass is 10.2. The van der Waals surface area contributed by atoms with Gasteiger partial charge in [0.25, 0.3) is 0 Å². The van der Waals surface area contributed by atoms with Crippen molar-refractivity contribution < 1.29 is 13.9 Å². The summed E-state index contributed by atoms with van der Waals surface area (Å²) in [5.41, 5.74) is 2.22. The van der Waals surface area contributed by atoms with Gasteiger partial charge in [0.15, 0.2) is 0 Å². The second kappa shape index (κ2) is 7.17. The Hall–Kier alpha value is -2.50. The van der Waals surface area contributed by atoms with Crippen molar-refractivity contribution in [2.24, 2.45) is 0 Å². The Morgan fingerprint density at radius 1 is 1.20 bits per heavy atom. The van der Waals surface area contributed by atoms with Gasteiger partial charge in [0.2, 0.25) is 0 Å². The predicted molar refractivity (Wildman–Crippen MR) is 94.7 cm³/mol. The van der Waals surface area contributed by atoms with E-state index in [1.165, 1.54) is 0 Å². The molecule has 1 aliphatic rings. The molecule has 0 aliphatic carbocycles. The van der Waals surface area contributed by atoms with Gasteiger partial charge < -0.3 is 18.5 Å². The fourth-order valence-electron chi connectivity index (χ4n) is 3.20. The average Bonchev–Trinajstić information content (AvgIpc) is 3.37. The number of benzene rings is 1. The van der Waals surface area contributed by atoms with Gasteiger partial charge in [-0.1, -0.05) is 6.07 Å². The van der Waals surface area contributed by atoms with Crippen molar-refractivity contribution in [1.29, 1.82) is 0 Å². The van der Waals surface area contributed by atoms with Crippen LogP contribution in [0.1, 0.15) is 24.5 Å². The fourth-order valence-corrected chi connectivity index (χ4v) is 3.20. The molecule has 5 heteroatoms. The van der Waals surface area contributed by atoms with Crippen LogP contribution in [0.5, 0.6) is 5.75 Å². The molecule has 2 aromatic heterocycles. The summed E-state index contributed by atoms with van der Waals surface area (Å²) in [6, 6.07) is 14.1. The molecule has 1 atom stereocenters. The van der Waals surface area contributed by atoms with Crippen LogP contribution in [-0.2, 0) is 11.3 Å². The van der Waals surface area contributed by atoms with Gasteiger partial charge in [0.1, 0.15) is 17.7 Å². The topological polar surface area (TPSA) is 39.8 Å². The molecule has 1 fully saturated rings. The van der Waals surface area contributed by atoms with Crippen LogP contribution in [-0.4, -0.2) is 29.2 Å². The summed E-state index contributed by atoms with van der Waals surface area (Å²) in [5.74, 6) is 1.84. The molecule has 3 aromatic rings. The number of furan rings is 1. The predicted octanol–water partition coefficient (Wildman–Crippen LogP) is 4.00. The quantitative estimate of drug-likeness (QED) is 0.681. The van der Waals surface area contributed by atoms with Crippen LogP contribution < -0.4 is 4.74 Å². The highest BCUT2D eigenvalue weighted by Gasteiger charge is 2.28. The summed E-state index contributed by atoms with van der Waals surface area (Å²) >= 11 is 0. The molecule has 25 heavy (non-hydrogen) atoms. The van der Waals surface area contributed by atoms with E-state index in [9.17, 15) is 0 Å². The van der Waals surface area contributed by atoms with E-state index in [1.54, 1.807) is 6.26 Å². The molecule has 0 bridgehead atoms. The fraction of sp³-hybridized carbons (Fsp3) is 0.300. The second-order valence-electron chi connectivity index (χ2n) is 6.06. The molecule has 1 unspecified atom stereocenters. The van der Waals surface area contributed by atoms with Gasteiger partial charge in [0.05, 0.1) is 26.0 Å². The molecule has 1 aromatic carbocycles. The Morgan fingerprint density at radius 3 is 3.00 bits per heavy atom. The molecule has 0 radical (unpaired) electrons. The number of nitrogens with zero attached hydrogens (tertiary/aromatic N) is 2. The van der Waals surface area contributed by atoms with Crippen LogP contribution in [0.4, 0.5) is 0 Å². The highest BCUT2D eigenvalue weighted by molar-refractivity contribution is 5.40. The third kappa shape index (κ3) is 3.48. The Balaban J connectivity index is 1.53. The zero-order valence-electron chi connectivity index (χ0n) is 14.3. The lowest BCUT2D eigenvalue weighted by molar-refractivity contribution is 0.0258. The minimum absolute atomic E-state index is 0.0403. The first-order chi connectivity index (χ1) is 12.3. The van der Waals surface area contributed by atoms with Crippen molar-refractivity contribution in [2.45, 2.75) is 19.7 Å². The van der Waals surface area contributed by atoms with Crippen LogP contribution in [0.15, 0.2) is 65.5 Å². The molecular formula is C20H22N2O3. The zero-order chi connectivity index (χ0) is 17.1. The lowest BCUT2D eigenvalue weighted by Gasteiger charge is -2.21. The van der Waals surface area contributed by atoms with E-state index >= 15 is 0 Å². The molecule has 1 aliphatic heterocycles. The third-order valence-corrected chi connectivity index (χ3v) is 4.35. The van der Waals surface area contributed by atoms with Crippen LogP contribution in [0, 0.1) is 0 Å². The summed E-state index contributed by atoms with van der Waals surface area (Å²) in [7, 11) is 0. The minimum atomic E-state index is -0.0403. The summed E-state index contributed by atoms with van der Waals surface area (Å²) in [6.45, 7) is 5.04. The molecule has 0 spiro atoms. The normalized spacial score (nSPS) is 17.9. The van der Waals surface area contributed by atoms with Gasteiger partial charge in [-0.2, -0.15) is 0 Å². The van der Waals surface area contributed by atoms with Crippen molar-refractivity contribution in [3.8, 4) is 11.4 Å². The number of rotatable bonds is 6. The van der Waals surface area contributed by atoms with E-state index in [0.717, 1.165) is 42.5 Å². The third-order valence-electron chi connectivity index (χ3n) is 4.35. The smallest absolute Gasteiger partial charge is 0.138 e. The van der Waals surface area contributed by atoms with Gasteiger partial charge in [-0.3, -0.25) is 4.90 Å². The molecule has 0 N–H and O–H groups in total. The summed E-state index contributed by atoms with van der Waals surface area (Å²) in [6.07, 6.45) is 5.85. The van der Waals surface area contributed by atoms with E-state index in [0.29, 0.717) is 6.61 Å². The molecule has 1 saturated heterocycles. The van der Waals surface area contributed by atoms with Crippen molar-refractivity contribution in [3.05, 3.63) is 72.4 Å². The van der Waals surface area contributed by atoms with Crippen LogP contribution in [0.25, 0.3) is 5.69 Å². The van der Waals surface area contributed by atoms with Crippen molar-refractivity contribution >= 4 is 0 Å². The maximum atomic E-state index is 5.96. The highest BCUT2D eigenvalue weighted by atomic mass is 16.5. The monoisotopic (exact) mass is 338 g/mol. The van der Waals surface area contributed by atoms with E-state index in [1.807, 2.05) is 37.3 Å². The molecule has 0 saturated carbocycles. The van der Waals surface area contributed by atoms with E-state index < -0.39 is 0 Å². The summed E-state index contributed by atoms with van der Waals surface area (Å²) in [4.78, 5) is 2.29. The van der Waals surface area contributed by atoms with Gasteiger partial charge >= 0.3 is 0 Å². The zero-order valence-corrected chi connectivity index (χ0v) is 14.3. The van der Waals surface area contributed by atoms with E-state index in [2.05, 4.69) is 34.0 Å². The standard InChI is InChI=1S/C20H22N2O3/c1-2-23-18-6-3-5-17(13-18)21-9-8-16(14-21)20-22(10-12-25-20)15-19-7-4-11-24-19/h3-9,11,13-14,20H,2,10,12,15H2,1H3. The summed E-state index contributed by atoms with van der Waals surface area (Å²) < 4.78 is 19.1. The SMILES string of the molecule is CCOc1cccc(-n2ccc(C3OCCN3Cc3ccco3)c2)c1. The lowest BCUT2D eigenvalue weighted by Crippen LogP contribution is -2.22. The van der Waals surface area contributed by atoms with E-state index in [-0.39, 0.29) is 6.23 Å². The molecule has 130 valence electrons. The van der Waals surface area contributed by atoms with Crippen LogP contribution >= 0.6 is 0 Å². The maximum absolute atomic E-state index is 5.96. The Bertz CT molecular complexity index is 810. The highest BCUT2D eigenvalue weighted by Crippen LogP contribution is 2.30. The largest absolute Gasteiger partial charge is 0.494 e. The van der Waals surface area contributed by atoms with E-state index in [4.69, 9.17) is 13.9 Å². The first-order valence-electron chi connectivity index (χ1n) is 8.62. The maximum Gasteiger partial charge on any atom is 0.138 e. The molecule has 3 heterocycles. The van der Waals surface area contributed by atoms with Crippen LogP contribution in [0.3, 0.4) is 0 Å². The molecule has 4 rings (SSSR count). The Labute approximate surface area is 147 Å². The number of hydrogen-bond acceptors (Lipinski definition) is 4. The first kappa shape index (κ1) is 16.0. The number of hydrogen-bond donors (Lipinski definition) is 0. The van der Waals surface area contributed by atoms with Gasteiger partial charge in [0, 0.05) is 36.3 Å². The average molecular weight is 338 g/mol. The molecule has 5 nitrogen and oxygen atoms in total. The van der Waals surface area contributed by atoms with Crippen molar-refractivity contribution in [1.82, 2.24) is 9.47 Å². The Morgan fingerprint density at radius 2 is 2.16 bits per heavy atom. The molecule has 0 amide bonds. The van der Waals surface area contributed by atoms with Gasteiger partial charge in [-0.25, -0.2) is 0 Å². The number of aromatic nitrogens is 1. The Kier molecular flexibility index (Phi) is 4.59. The minimum Gasteiger partial charge on any atom is -0.494 e. The van der Waals surface area contributed by atoms with Crippen LogP contribution in [0.2, 0.25) is 0 Å². The number of ether oxygens (including phenoxy) is 2. The van der Waals surface area contributed by atoms with Crippen molar-refractivity contribution in [2.75, 3.05) is 19.8 Å². The van der Waals surface area contributed by atoms with Gasteiger partial charge in [-0.05, 0) is 37.3 Å². The van der Waals surface area contributed by atoms with Gasteiger partial charge in [-0.15, -0.1) is 0 Å². The van der Waals surface area contributed by atoms with Crippen molar-refractivity contribution in [3.63, 3.8) is 0 Å². The first-order valence-corrected chi connectivity index (χ1v) is 8.62. The second-order valence-corrected chi connectivity index (χ2v) is 6.06. The molecular weight excluding hydrogens is 316 g/mol. The summed E-state index contributed by atoms with van der Waals surface area (Å²) in [5, 5.41) is 0.